The van der Waals surface area contributed by atoms with Gasteiger partial charge < -0.3 is 0 Å². The molecule has 0 fully saturated rings. The Hall–Kier alpha value is -2.02. The molecule has 25 heavy (non-hydrogen) atoms. The molecule has 0 amide bonds. The van der Waals surface area contributed by atoms with Crippen LogP contribution in [0, 0.1) is 11.3 Å². The van der Waals surface area contributed by atoms with E-state index in [0.717, 1.165) is 24.3 Å². The highest BCUT2D eigenvalue weighted by atomic mass is 32.2. The summed E-state index contributed by atoms with van der Waals surface area (Å²) in [5.74, 6) is 0. The zero-order valence-electron chi connectivity index (χ0n) is 12.9. The largest absolute Gasteiger partial charge is 0.446 e. The van der Waals surface area contributed by atoms with Gasteiger partial charge in [0.05, 0.1) is 16.5 Å². The number of hydrogen-bond donors (Lipinski definition) is 1. The summed E-state index contributed by atoms with van der Waals surface area (Å²) in [5.41, 5.74) is -3.31. The summed E-state index contributed by atoms with van der Waals surface area (Å²) in [4.78, 5) is -0.217. The summed E-state index contributed by atoms with van der Waals surface area (Å²) < 4.78 is 64.0. The fraction of sp³-hybridized carbons (Fsp3) is 0.188. The fourth-order valence-corrected chi connectivity index (χ4v) is 3.81. The monoisotopic (exact) mass is 386 g/mol. The van der Waals surface area contributed by atoms with Gasteiger partial charge in [-0.2, -0.15) is 18.4 Å². The molecule has 1 atom stereocenters. The Kier molecular flexibility index (Phi) is 5.77. The molecule has 0 heterocycles. The van der Waals surface area contributed by atoms with Crippen molar-refractivity contribution in [1.29, 1.82) is 5.26 Å². The van der Waals surface area contributed by atoms with Gasteiger partial charge in [0, 0.05) is 10.9 Å². The van der Waals surface area contributed by atoms with Crippen LogP contribution in [-0.4, -0.2) is 13.9 Å². The van der Waals surface area contributed by atoms with Gasteiger partial charge >= 0.3 is 5.51 Å². The minimum atomic E-state index is -4.43. The van der Waals surface area contributed by atoms with E-state index in [1.54, 1.807) is 31.2 Å². The number of nitrogens with zero attached hydrogens (tertiary/aromatic N) is 1. The van der Waals surface area contributed by atoms with E-state index in [1.807, 2.05) is 6.07 Å². The summed E-state index contributed by atoms with van der Waals surface area (Å²) >= 11 is -0.307. The molecule has 0 bridgehead atoms. The van der Waals surface area contributed by atoms with Gasteiger partial charge in [0.1, 0.15) is 0 Å². The van der Waals surface area contributed by atoms with Crippen molar-refractivity contribution in [2.75, 3.05) is 0 Å². The Labute approximate surface area is 147 Å². The van der Waals surface area contributed by atoms with Gasteiger partial charge in [-0.1, -0.05) is 12.1 Å². The highest BCUT2D eigenvalue weighted by molar-refractivity contribution is 8.00. The third-order valence-electron chi connectivity index (χ3n) is 3.24. The molecule has 0 saturated carbocycles. The SMILES string of the molecule is CC(NS(=O)(=O)c1ccc(SC(F)(F)F)cc1)c1ccc(C#N)cc1. The van der Waals surface area contributed by atoms with Gasteiger partial charge in [0.15, 0.2) is 0 Å². The molecule has 9 heteroatoms. The van der Waals surface area contributed by atoms with Gasteiger partial charge in [-0.3, -0.25) is 0 Å². The van der Waals surface area contributed by atoms with Gasteiger partial charge in [-0.05, 0) is 60.6 Å². The van der Waals surface area contributed by atoms with Crippen molar-refractivity contribution in [2.45, 2.75) is 28.3 Å². The van der Waals surface area contributed by atoms with E-state index in [1.165, 1.54) is 0 Å². The van der Waals surface area contributed by atoms with Crippen molar-refractivity contribution < 1.29 is 21.6 Å². The summed E-state index contributed by atoms with van der Waals surface area (Å²) in [5, 5.41) is 8.76. The van der Waals surface area contributed by atoms with Crippen molar-refractivity contribution in [3.8, 4) is 6.07 Å². The van der Waals surface area contributed by atoms with Crippen LogP contribution >= 0.6 is 11.8 Å². The molecule has 0 spiro atoms. The molecule has 0 aliphatic rings. The quantitative estimate of drug-likeness (QED) is 0.782. The van der Waals surface area contributed by atoms with Crippen LogP contribution in [0.5, 0.6) is 0 Å². The number of halogens is 3. The number of benzene rings is 2. The average molecular weight is 386 g/mol. The molecule has 1 N–H and O–H groups in total. The van der Waals surface area contributed by atoms with Crippen LogP contribution in [0.3, 0.4) is 0 Å². The lowest BCUT2D eigenvalue weighted by Crippen LogP contribution is -2.26. The summed E-state index contributed by atoms with van der Waals surface area (Å²) in [6.45, 7) is 1.63. The van der Waals surface area contributed by atoms with Gasteiger partial charge in [-0.15, -0.1) is 0 Å². The van der Waals surface area contributed by atoms with E-state index >= 15 is 0 Å². The first-order chi connectivity index (χ1) is 11.6. The average Bonchev–Trinajstić information content (AvgIpc) is 2.53. The van der Waals surface area contributed by atoms with Crippen LogP contribution in [0.4, 0.5) is 13.2 Å². The predicted octanol–water partition coefficient (Wildman–Crippen LogP) is 4.21. The van der Waals surface area contributed by atoms with Crippen molar-refractivity contribution in [3.63, 3.8) is 0 Å². The van der Waals surface area contributed by atoms with Crippen LogP contribution in [0.1, 0.15) is 24.1 Å². The van der Waals surface area contributed by atoms with Gasteiger partial charge in [0.25, 0.3) is 0 Å². The number of nitriles is 1. The molecule has 0 aromatic heterocycles. The maximum atomic E-state index is 12.3. The van der Waals surface area contributed by atoms with Crippen molar-refractivity contribution in [2.24, 2.45) is 0 Å². The highest BCUT2D eigenvalue weighted by Crippen LogP contribution is 2.37. The standard InChI is InChI=1S/C16H13F3N2O2S2/c1-11(13-4-2-12(10-20)3-5-13)21-25(22,23)15-8-6-14(7-9-15)24-16(17,18)19/h2-9,11,21H,1H3. The van der Waals surface area contributed by atoms with Crippen LogP contribution in [-0.2, 0) is 10.0 Å². The molecule has 0 radical (unpaired) electrons. The maximum Gasteiger partial charge on any atom is 0.446 e. The van der Waals surface area contributed by atoms with Crippen molar-refractivity contribution in [1.82, 2.24) is 4.72 Å². The van der Waals surface area contributed by atoms with E-state index in [2.05, 4.69) is 4.72 Å². The lowest BCUT2D eigenvalue weighted by molar-refractivity contribution is -0.0328. The summed E-state index contributed by atoms with van der Waals surface area (Å²) in [6.07, 6.45) is 0. The maximum absolute atomic E-state index is 12.3. The number of nitrogens with one attached hydrogen (secondary N) is 1. The lowest BCUT2D eigenvalue weighted by atomic mass is 10.1. The summed E-state index contributed by atoms with van der Waals surface area (Å²) in [7, 11) is -3.89. The van der Waals surface area contributed by atoms with E-state index in [9.17, 15) is 21.6 Å². The van der Waals surface area contributed by atoms with Gasteiger partial charge in [-0.25, -0.2) is 13.1 Å². The molecule has 2 rings (SSSR count). The fourth-order valence-electron chi connectivity index (χ4n) is 2.04. The predicted molar refractivity (Wildman–Crippen MR) is 88.2 cm³/mol. The molecule has 0 aliphatic heterocycles. The summed E-state index contributed by atoms with van der Waals surface area (Å²) in [6, 6.07) is 12.3. The molecule has 2 aromatic rings. The number of thioether (sulfide) groups is 1. The first kappa shape index (κ1) is 19.3. The molecule has 132 valence electrons. The molecule has 0 aliphatic carbocycles. The van der Waals surface area contributed by atoms with Crippen LogP contribution in [0.2, 0.25) is 0 Å². The molecule has 4 nitrogen and oxygen atoms in total. The first-order valence-electron chi connectivity index (χ1n) is 6.99. The molecular weight excluding hydrogens is 373 g/mol. The Balaban J connectivity index is 2.13. The van der Waals surface area contributed by atoms with Crippen LogP contribution in [0.15, 0.2) is 58.3 Å². The van der Waals surface area contributed by atoms with E-state index in [4.69, 9.17) is 5.26 Å². The second-order valence-corrected chi connectivity index (χ2v) is 7.95. The topological polar surface area (TPSA) is 70.0 Å². The highest BCUT2D eigenvalue weighted by Gasteiger charge is 2.29. The van der Waals surface area contributed by atoms with Crippen LogP contribution < -0.4 is 4.72 Å². The first-order valence-corrected chi connectivity index (χ1v) is 9.29. The van der Waals surface area contributed by atoms with E-state index in [-0.39, 0.29) is 21.6 Å². The van der Waals surface area contributed by atoms with E-state index in [0.29, 0.717) is 11.1 Å². The normalized spacial score (nSPS) is 13.2. The Morgan fingerprint density at radius 3 is 2.12 bits per heavy atom. The number of hydrogen-bond acceptors (Lipinski definition) is 4. The Morgan fingerprint density at radius 1 is 1.08 bits per heavy atom. The molecular formula is C16H13F3N2O2S2. The molecule has 0 saturated heterocycles. The minimum Gasteiger partial charge on any atom is -0.207 e. The smallest absolute Gasteiger partial charge is 0.207 e. The molecule has 2 aromatic carbocycles. The zero-order chi connectivity index (χ0) is 18.7. The number of alkyl halides is 3. The van der Waals surface area contributed by atoms with E-state index < -0.39 is 21.6 Å². The minimum absolute atomic E-state index is 0.0911. The Bertz CT molecular complexity index is 872. The lowest BCUT2D eigenvalue weighted by Gasteiger charge is -2.15. The second kappa shape index (κ2) is 7.47. The van der Waals surface area contributed by atoms with Crippen molar-refractivity contribution >= 4 is 21.8 Å². The number of sulfonamides is 1. The number of rotatable bonds is 5. The van der Waals surface area contributed by atoms with Crippen LogP contribution in [0.25, 0.3) is 0 Å². The Morgan fingerprint density at radius 2 is 1.64 bits per heavy atom. The van der Waals surface area contributed by atoms with Gasteiger partial charge in [0.2, 0.25) is 10.0 Å². The third-order valence-corrected chi connectivity index (χ3v) is 5.54. The second-order valence-electron chi connectivity index (χ2n) is 5.10. The zero-order valence-corrected chi connectivity index (χ0v) is 14.5. The third kappa shape index (κ3) is 5.49. The molecule has 1 unspecified atom stereocenters. The van der Waals surface area contributed by atoms with Crippen molar-refractivity contribution in [3.05, 3.63) is 59.7 Å².